The van der Waals surface area contributed by atoms with Crippen molar-refractivity contribution in [2.75, 3.05) is 5.32 Å². The molecule has 2 aromatic heterocycles. The highest BCUT2D eigenvalue weighted by atomic mass is 16.2. The van der Waals surface area contributed by atoms with Gasteiger partial charge in [0, 0.05) is 23.9 Å². The molecule has 0 spiro atoms. The molecule has 0 aliphatic carbocycles. The topological polar surface area (TPSA) is 103 Å². The largest absolute Gasteiger partial charge is 0.368 e. The lowest BCUT2D eigenvalue weighted by atomic mass is 10.1. The third-order valence-electron chi connectivity index (χ3n) is 3.32. The van der Waals surface area contributed by atoms with Crippen molar-refractivity contribution in [2.24, 2.45) is 5.73 Å². The molecule has 1 aromatic carbocycles. The van der Waals surface area contributed by atoms with Crippen LogP contribution < -0.4 is 11.1 Å². The lowest BCUT2D eigenvalue weighted by Gasteiger charge is -2.01. The minimum Gasteiger partial charge on any atom is -0.368 e. The van der Waals surface area contributed by atoms with Gasteiger partial charge in [-0.1, -0.05) is 18.2 Å². The number of nitrogens with zero attached hydrogens (tertiary/aromatic N) is 3. The molecule has 7 heteroatoms. The number of carbonyl (C=O) groups excluding carboxylic acids is 2. The van der Waals surface area contributed by atoms with Crippen molar-refractivity contribution in [3.05, 3.63) is 60.6 Å². The minimum absolute atomic E-state index is 0.0330. The van der Waals surface area contributed by atoms with Gasteiger partial charge in [-0.25, -0.2) is 0 Å². The first-order valence-corrected chi connectivity index (χ1v) is 7.25. The van der Waals surface area contributed by atoms with Crippen LogP contribution in [0.15, 0.2) is 55.0 Å². The molecule has 0 atom stereocenters. The number of carbonyl (C=O) groups is 2. The fraction of sp³-hybridized carbons (Fsp3) is 0.0588. The number of rotatable bonds is 5. The highest BCUT2D eigenvalue weighted by molar-refractivity contribution is 6.03. The van der Waals surface area contributed by atoms with Gasteiger partial charge in [-0.2, -0.15) is 5.10 Å². The molecule has 0 aliphatic heterocycles. The van der Waals surface area contributed by atoms with E-state index in [1.165, 1.54) is 17.0 Å². The van der Waals surface area contributed by atoms with Crippen LogP contribution in [0.4, 0.5) is 5.69 Å². The van der Waals surface area contributed by atoms with Gasteiger partial charge in [0.15, 0.2) is 0 Å². The molecule has 0 radical (unpaired) electrons. The van der Waals surface area contributed by atoms with E-state index in [1.54, 1.807) is 18.5 Å². The van der Waals surface area contributed by atoms with E-state index in [1.807, 2.05) is 30.3 Å². The van der Waals surface area contributed by atoms with E-state index in [2.05, 4.69) is 15.4 Å². The summed E-state index contributed by atoms with van der Waals surface area (Å²) in [6.07, 6.45) is 7.86. The van der Waals surface area contributed by atoms with E-state index < -0.39 is 5.91 Å². The molecule has 2 heterocycles. The first-order valence-electron chi connectivity index (χ1n) is 7.25. The average Bonchev–Trinajstić information content (AvgIpc) is 2.99. The van der Waals surface area contributed by atoms with E-state index in [4.69, 9.17) is 5.73 Å². The second kappa shape index (κ2) is 6.74. The number of benzene rings is 1. The predicted octanol–water partition coefficient (Wildman–Crippen LogP) is 1.57. The lowest BCUT2D eigenvalue weighted by Crippen LogP contribution is -2.18. The zero-order chi connectivity index (χ0) is 16.9. The van der Waals surface area contributed by atoms with Crippen LogP contribution in [-0.2, 0) is 16.1 Å². The molecule has 0 unspecified atom stereocenters. The number of para-hydroxylation sites is 1. The second-order valence-corrected chi connectivity index (χ2v) is 5.13. The highest BCUT2D eigenvalue weighted by Gasteiger charge is 2.04. The van der Waals surface area contributed by atoms with Crippen molar-refractivity contribution in [3.8, 4) is 0 Å². The van der Waals surface area contributed by atoms with Crippen molar-refractivity contribution >= 4 is 34.5 Å². The SMILES string of the molecule is NC(=O)Cn1cc(NC(=O)C=Cc2ccnc3ccccc23)cn1. The average molecular weight is 321 g/mol. The third-order valence-corrected chi connectivity index (χ3v) is 3.32. The Kier molecular flexibility index (Phi) is 4.33. The van der Waals surface area contributed by atoms with Gasteiger partial charge in [-0.15, -0.1) is 0 Å². The van der Waals surface area contributed by atoms with Crippen LogP contribution >= 0.6 is 0 Å². The van der Waals surface area contributed by atoms with Crippen molar-refractivity contribution in [1.82, 2.24) is 14.8 Å². The molecule has 24 heavy (non-hydrogen) atoms. The Labute approximate surface area is 137 Å². The summed E-state index contributed by atoms with van der Waals surface area (Å²) in [6, 6.07) is 9.55. The zero-order valence-corrected chi connectivity index (χ0v) is 12.7. The highest BCUT2D eigenvalue weighted by Crippen LogP contribution is 2.17. The maximum absolute atomic E-state index is 12.0. The summed E-state index contributed by atoms with van der Waals surface area (Å²) in [5.74, 6) is -0.796. The molecule has 0 saturated carbocycles. The molecule has 0 aliphatic rings. The molecule has 2 amide bonds. The Morgan fingerprint density at radius 2 is 2.08 bits per heavy atom. The molecule has 0 bridgehead atoms. The van der Waals surface area contributed by atoms with Gasteiger partial charge in [0.2, 0.25) is 11.8 Å². The molecule has 0 fully saturated rings. The summed E-state index contributed by atoms with van der Waals surface area (Å²) < 4.78 is 1.36. The van der Waals surface area contributed by atoms with Crippen molar-refractivity contribution in [3.63, 3.8) is 0 Å². The summed E-state index contributed by atoms with van der Waals surface area (Å²) in [4.78, 5) is 27.1. The number of fused-ring (bicyclic) bond motifs is 1. The van der Waals surface area contributed by atoms with E-state index in [0.29, 0.717) is 5.69 Å². The Bertz CT molecular complexity index is 924. The van der Waals surface area contributed by atoms with Crippen molar-refractivity contribution in [2.45, 2.75) is 6.54 Å². The number of pyridine rings is 1. The summed E-state index contributed by atoms with van der Waals surface area (Å²) in [6.45, 7) is -0.0330. The van der Waals surface area contributed by atoms with Gasteiger partial charge in [0.05, 0.1) is 17.4 Å². The Balaban J connectivity index is 1.71. The van der Waals surface area contributed by atoms with Crippen molar-refractivity contribution < 1.29 is 9.59 Å². The molecule has 3 aromatic rings. The predicted molar refractivity (Wildman–Crippen MR) is 90.8 cm³/mol. The molecular formula is C17H15N5O2. The van der Waals surface area contributed by atoms with Crippen LogP contribution in [0.1, 0.15) is 5.56 Å². The van der Waals surface area contributed by atoms with Crippen LogP contribution in [0.5, 0.6) is 0 Å². The van der Waals surface area contributed by atoms with Crippen molar-refractivity contribution in [1.29, 1.82) is 0 Å². The minimum atomic E-state index is -0.500. The Morgan fingerprint density at radius 1 is 1.25 bits per heavy atom. The zero-order valence-electron chi connectivity index (χ0n) is 12.7. The molecular weight excluding hydrogens is 306 g/mol. The maximum atomic E-state index is 12.0. The number of nitrogens with two attached hydrogens (primary N) is 1. The van der Waals surface area contributed by atoms with Gasteiger partial charge >= 0.3 is 0 Å². The molecule has 3 rings (SSSR count). The van der Waals surface area contributed by atoms with Crippen LogP contribution in [0.25, 0.3) is 17.0 Å². The standard InChI is InChI=1S/C17H15N5O2/c18-16(23)11-22-10-13(9-20-22)21-17(24)6-5-12-7-8-19-15-4-2-1-3-14(12)15/h1-10H,11H2,(H2,18,23)(H,21,24). The number of hydrogen-bond donors (Lipinski definition) is 2. The first-order chi connectivity index (χ1) is 11.6. The second-order valence-electron chi connectivity index (χ2n) is 5.13. The lowest BCUT2D eigenvalue weighted by molar-refractivity contribution is -0.118. The quantitative estimate of drug-likeness (QED) is 0.696. The number of primary amides is 1. The fourth-order valence-electron chi connectivity index (χ4n) is 2.29. The van der Waals surface area contributed by atoms with Gasteiger partial charge in [-0.05, 0) is 23.8 Å². The smallest absolute Gasteiger partial charge is 0.248 e. The Morgan fingerprint density at radius 3 is 2.92 bits per heavy atom. The number of amides is 2. The van der Waals surface area contributed by atoms with E-state index >= 15 is 0 Å². The molecule has 3 N–H and O–H groups in total. The summed E-state index contributed by atoms with van der Waals surface area (Å²) in [5, 5.41) is 7.59. The molecule has 0 saturated heterocycles. The van der Waals surface area contributed by atoms with Gasteiger partial charge in [0.1, 0.15) is 6.54 Å². The summed E-state index contributed by atoms with van der Waals surface area (Å²) in [5.41, 5.74) is 7.35. The van der Waals surface area contributed by atoms with Crippen LogP contribution in [0.3, 0.4) is 0 Å². The first kappa shape index (κ1) is 15.4. The number of nitrogens with one attached hydrogen (secondary N) is 1. The van der Waals surface area contributed by atoms with Gasteiger partial charge in [0.25, 0.3) is 0 Å². The van der Waals surface area contributed by atoms with E-state index in [0.717, 1.165) is 16.5 Å². The normalized spacial score (nSPS) is 11.0. The van der Waals surface area contributed by atoms with Crippen LogP contribution in [0.2, 0.25) is 0 Å². The number of aromatic nitrogens is 3. The Hall–Kier alpha value is -3.48. The number of hydrogen-bond acceptors (Lipinski definition) is 4. The third kappa shape index (κ3) is 3.64. The van der Waals surface area contributed by atoms with Gasteiger partial charge < -0.3 is 11.1 Å². The van der Waals surface area contributed by atoms with E-state index in [9.17, 15) is 9.59 Å². The molecule has 7 nitrogen and oxygen atoms in total. The maximum Gasteiger partial charge on any atom is 0.248 e. The summed E-state index contributed by atoms with van der Waals surface area (Å²) >= 11 is 0. The van der Waals surface area contributed by atoms with Crippen LogP contribution in [-0.4, -0.2) is 26.6 Å². The number of anilines is 1. The summed E-state index contributed by atoms with van der Waals surface area (Å²) in [7, 11) is 0. The monoisotopic (exact) mass is 321 g/mol. The van der Waals surface area contributed by atoms with E-state index in [-0.39, 0.29) is 12.5 Å². The van der Waals surface area contributed by atoms with Gasteiger partial charge in [-0.3, -0.25) is 19.3 Å². The van der Waals surface area contributed by atoms with Crippen LogP contribution in [0, 0.1) is 0 Å². The fourth-order valence-corrected chi connectivity index (χ4v) is 2.29. The molecule has 120 valence electrons.